The fourth-order valence-electron chi connectivity index (χ4n) is 2.12. The maximum Gasteiger partial charge on any atom is 0.407 e. The van der Waals surface area contributed by atoms with Gasteiger partial charge in [0, 0.05) is 25.8 Å². The third-order valence-electron chi connectivity index (χ3n) is 3.34. The van der Waals surface area contributed by atoms with Crippen molar-refractivity contribution in [2.75, 3.05) is 32.0 Å². The van der Waals surface area contributed by atoms with Crippen LogP contribution in [0.1, 0.15) is 33.3 Å². The Morgan fingerprint density at radius 3 is 2.44 bits per heavy atom. The Hall–Kier alpha value is -2.77. The summed E-state index contributed by atoms with van der Waals surface area (Å²) >= 11 is 0. The smallest absolute Gasteiger partial charge is 0.407 e. The number of guanidine groups is 1. The Morgan fingerprint density at radius 1 is 1.11 bits per heavy atom. The Labute approximate surface area is 161 Å². The normalized spacial score (nSPS) is 11.5. The van der Waals surface area contributed by atoms with Gasteiger partial charge in [-0.15, -0.1) is 0 Å². The molecule has 0 unspecified atom stereocenters. The van der Waals surface area contributed by atoms with Crippen LogP contribution in [0.3, 0.4) is 0 Å². The first kappa shape index (κ1) is 22.3. The van der Waals surface area contributed by atoms with E-state index in [0.29, 0.717) is 19.0 Å². The fraction of sp³-hybridized carbons (Fsp3) is 0.526. The molecule has 0 radical (unpaired) electrons. The lowest BCUT2D eigenvalue weighted by atomic mass is 10.1. The van der Waals surface area contributed by atoms with Crippen LogP contribution in [0.4, 0.5) is 10.5 Å². The zero-order valence-electron chi connectivity index (χ0n) is 16.8. The summed E-state index contributed by atoms with van der Waals surface area (Å²) in [7, 11) is 1.61. The molecule has 0 aliphatic rings. The predicted molar refractivity (Wildman–Crippen MR) is 108 cm³/mol. The Morgan fingerprint density at radius 2 is 1.81 bits per heavy atom. The molecule has 0 fully saturated rings. The lowest BCUT2D eigenvalue weighted by Gasteiger charge is -2.19. The largest absolute Gasteiger partial charge is 0.444 e. The summed E-state index contributed by atoms with van der Waals surface area (Å²) in [5, 5.41) is 11.4. The molecule has 0 bridgehead atoms. The van der Waals surface area contributed by atoms with Crippen molar-refractivity contribution >= 4 is 23.6 Å². The highest BCUT2D eigenvalue weighted by molar-refractivity contribution is 5.95. The molecule has 0 heterocycles. The number of ether oxygens (including phenoxy) is 1. The van der Waals surface area contributed by atoms with E-state index < -0.39 is 11.7 Å². The van der Waals surface area contributed by atoms with E-state index in [1.165, 1.54) is 0 Å². The molecule has 0 spiro atoms. The molecule has 2 amide bonds. The second-order valence-electron chi connectivity index (χ2n) is 6.88. The molecule has 1 rings (SSSR count). The minimum atomic E-state index is -0.529. The SMILES string of the molecule is CCc1cccc(NC(=O)CNC(=NC)NCCNC(=O)OC(C)(C)C)c1. The van der Waals surface area contributed by atoms with Crippen LogP contribution in [0.25, 0.3) is 0 Å². The standard InChI is InChI=1S/C19H31N5O3/c1-6-14-8-7-9-15(12-14)24-16(25)13-23-17(20-5)21-10-11-22-18(26)27-19(2,3)4/h7-9,12H,6,10-11,13H2,1-5H3,(H,22,26)(H,24,25)(H2,20,21,23). The first-order chi connectivity index (χ1) is 12.7. The molecule has 8 heteroatoms. The van der Waals surface area contributed by atoms with Gasteiger partial charge in [0.25, 0.3) is 0 Å². The minimum absolute atomic E-state index is 0.0789. The highest BCUT2D eigenvalue weighted by Crippen LogP contribution is 2.10. The van der Waals surface area contributed by atoms with Crippen molar-refractivity contribution in [1.29, 1.82) is 0 Å². The van der Waals surface area contributed by atoms with Gasteiger partial charge >= 0.3 is 6.09 Å². The topological polar surface area (TPSA) is 104 Å². The molecule has 1 aromatic carbocycles. The number of hydrogen-bond acceptors (Lipinski definition) is 4. The summed E-state index contributed by atoms with van der Waals surface area (Å²) in [5.74, 6) is 0.302. The second-order valence-corrected chi connectivity index (χ2v) is 6.88. The number of carbonyl (C=O) groups excluding carboxylic acids is 2. The average molecular weight is 377 g/mol. The highest BCUT2D eigenvalue weighted by atomic mass is 16.6. The second kappa shape index (κ2) is 11.1. The lowest BCUT2D eigenvalue weighted by Crippen LogP contribution is -2.44. The van der Waals surface area contributed by atoms with Crippen LogP contribution < -0.4 is 21.3 Å². The number of nitrogens with zero attached hydrogens (tertiary/aromatic N) is 1. The molecular formula is C19H31N5O3. The van der Waals surface area contributed by atoms with E-state index in [4.69, 9.17) is 4.74 Å². The quantitative estimate of drug-likeness (QED) is 0.330. The van der Waals surface area contributed by atoms with Crippen LogP contribution in [-0.4, -0.2) is 50.2 Å². The van der Waals surface area contributed by atoms with E-state index in [2.05, 4.69) is 33.2 Å². The van der Waals surface area contributed by atoms with E-state index >= 15 is 0 Å². The molecular weight excluding hydrogens is 346 g/mol. The number of benzene rings is 1. The van der Waals surface area contributed by atoms with Crippen LogP contribution >= 0.6 is 0 Å². The van der Waals surface area contributed by atoms with Crippen molar-refractivity contribution in [2.24, 2.45) is 4.99 Å². The van der Waals surface area contributed by atoms with Gasteiger partial charge in [0.05, 0.1) is 6.54 Å². The summed E-state index contributed by atoms with van der Waals surface area (Å²) in [6.07, 6.45) is 0.441. The molecule has 27 heavy (non-hydrogen) atoms. The molecule has 0 saturated heterocycles. The van der Waals surface area contributed by atoms with Crippen LogP contribution in [0, 0.1) is 0 Å². The first-order valence-electron chi connectivity index (χ1n) is 9.03. The maximum absolute atomic E-state index is 12.1. The molecule has 0 atom stereocenters. The molecule has 8 nitrogen and oxygen atoms in total. The van der Waals surface area contributed by atoms with Crippen molar-refractivity contribution in [1.82, 2.24) is 16.0 Å². The molecule has 150 valence electrons. The average Bonchev–Trinajstić information content (AvgIpc) is 2.59. The van der Waals surface area contributed by atoms with Gasteiger partial charge in [-0.25, -0.2) is 4.79 Å². The van der Waals surface area contributed by atoms with E-state index in [1.807, 2.05) is 24.3 Å². The molecule has 0 aromatic heterocycles. The van der Waals surface area contributed by atoms with Crippen LogP contribution in [-0.2, 0) is 16.0 Å². The van der Waals surface area contributed by atoms with Gasteiger partial charge in [0.1, 0.15) is 5.60 Å². The number of aliphatic imine (C=N–C) groups is 1. The number of anilines is 1. The summed E-state index contributed by atoms with van der Waals surface area (Å²) in [4.78, 5) is 27.6. The number of nitrogens with one attached hydrogen (secondary N) is 4. The molecule has 0 saturated carbocycles. The van der Waals surface area contributed by atoms with Crippen molar-refractivity contribution < 1.29 is 14.3 Å². The van der Waals surface area contributed by atoms with Crippen molar-refractivity contribution in [3.63, 3.8) is 0 Å². The summed E-state index contributed by atoms with van der Waals surface area (Å²) < 4.78 is 5.15. The van der Waals surface area contributed by atoms with Crippen molar-refractivity contribution in [3.8, 4) is 0 Å². The summed E-state index contributed by atoms with van der Waals surface area (Å²) in [5.41, 5.74) is 1.40. The maximum atomic E-state index is 12.1. The predicted octanol–water partition coefficient (Wildman–Crippen LogP) is 1.88. The van der Waals surface area contributed by atoms with Crippen LogP contribution in [0.15, 0.2) is 29.3 Å². The molecule has 0 aliphatic heterocycles. The lowest BCUT2D eigenvalue weighted by molar-refractivity contribution is -0.115. The Balaban J connectivity index is 2.29. The van der Waals surface area contributed by atoms with Gasteiger partial charge in [-0.1, -0.05) is 19.1 Å². The number of hydrogen-bond donors (Lipinski definition) is 4. The van der Waals surface area contributed by atoms with E-state index in [1.54, 1.807) is 27.8 Å². The zero-order chi connectivity index (χ0) is 20.3. The summed E-state index contributed by atoms with van der Waals surface area (Å²) in [6.45, 7) is 8.37. The number of carbonyl (C=O) groups is 2. The van der Waals surface area contributed by atoms with Crippen LogP contribution in [0.5, 0.6) is 0 Å². The summed E-state index contributed by atoms with van der Waals surface area (Å²) in [6, 6.07) is 7.74. The van der Waals surface area contributed by atoms with Crippen LogP contribution in [0.2, 0.25) is 0 Å². The monoisotopic (exact) mass is 377 g/mol. The highest BCUT2D eigenvalue weighted by Gasteiger charge is 2.15. The van der Waals surface area contributed by atoms with Gasteiger partial charge in [-0.05, 0) is 44.9 Å². The first-order valence-corrected chi connectivity index (χ1v) is 9.03. The molecule has 0 aliphatic carbocycles. The Kier molecular flexibility index (Phi) is 9.12. The van der Waals surface area contributed by atoms with Crippen molar-refractivity contribution in [2.45, 2.75) is 39.7 Å². The van der Waals surface area contributed by atoms with Gasteiger partial charge in [0.15, 0.2) is 5.96 Å². The van der Waals surface area contributed by atoms with E-state index in [0.717, 1.165) is 17.7 Å². The number of amides is 2. The van der Waals surface area contributed by atoms with E-state index in [-0.39, 0.29) is 12.5 Å². The minimum Gasteiger partial charge on any atom is -0.444 e. The van der Waals surface area contributed by atoms with Gasteiger partial charge in [0.2, 0.25) is 5.91 Å². The number of alkyl carbamates (subject to hydrolysis) is 1. The van der Waals surface area contributed by atoms with Gasteiger partial charge < -0.3 is 26.0 Å². The van der Waals surface area contributed by atoms with Gasteiger partial charge in [-0.3, -0.25) is 9.79 Å². The number of aryl methyl sites for hydroxylation is 1. The van der Waals surface area contributed by atoms with Gasteiger partial charge in [-0.2, -0.15) is 0 Å². The third-order valence-corrected chi connectivity index (χ3v) is 3.34. The van der Waals surface area contributed by atoms with E-state index in [9.17, 15) is 9.59 Å². The fourth-order valence-corrected chi connectivity index (χ4v) is 2.12. The molecule has 1 aromatic rings. The number of rotatable bonds is 7. The zero-order valence-corrected chi connectivity index (χ0v) is 16.8. The Bertz CT molecular complexity index is 653. The molecule has 4 N–H and O–H groups in total. The third kappa shape index (κ3) is 10.1. The van der Waals surface area contributed by atoms with Crippen molar-refractivity contribution in [3.05, 3.63) is 29.8 Å².